The summed E-state index contributed by atoms with van der Waals surface area (Å²) in [6, 6.07) is 7.12. The van der Waals surface area contributed by atoms with E-state index in [1.807, 2.05) is 0 Å². The number of nitrogen functional groups attached to an aromatic ring is 1. The fourth-order valence-corrected chi connectivity index (χ4v) is 1.93. The van der Waals surface area contributed by atoms with Crippen molar-refractivity contribution in [3.05, 3.63) is 29.8 Å². The third-order valence-corrected chi connectivity index (χ3v) is 2.74. The molecule has 2 atom stereocenters. The molecule has 1 heterocycles. The first-order valence-electron chi connectivity index (χ1n) is 4.97. The van der Waals surface area contributed by atoms with Crippen LogP contribution in [0.4, 0.5) is 10.1 Å². The molecule has 14 heavy (non-hydrogen) atoms. The van der Waals surface area contributed by atoms with Gasteiger partial charge in [-0.05, 0) is 30.7 Å². The molecular formula is C11H15FN2. The van der Waals surface area contributed by atoms with Crippen molar-refractivity contribution in [2.45, 2.75) is 12.6 Å². The standard InChI is InChI=1S/C11H15FN2/c12-11(9-4-5-14-7-9)8-2-1-3-10(13)6-8/h1-3,6,9,11,14H,4-5,7,13H2. The van der Waals surface area contributed by atoms with E-state index in [4.69, 9.17) is 5.73 Å². The van der Waals surface area contributed by atoms with E-state index < -0.39 is 6.17 Å². The fraction of sp³-hybridized carbons (Fsp3) is 0.455. The van der Waals surface area contributed by atoms with Crippen molar-refractivity contribution < 1.29 is 4.39 Å². The second-order valence-electron chi connectivity index (χ2n) is 3.82. The molecule has 1 aliphatic heterocycles. The van der Waals surface area contributed by atoms with Crippen molar-refractivity contribution in [2.75, 3.05) is 18.8 Å². The Morgan fingerprint density at radius 3 is 3.00 bits per heavy atom. The van der Waals surface area contributed by atoms with Crippen molar-refractivity contribution in [1.82, 2.24) is 5.32 Å². The molecule has 2 nitrogen and oxygen atoms in total. The molecule has 1 saturated heterocycles. The van der Waals surface area contributed by atoms with Gasteiger partial charge in [0, 0.05) is 18.2 Å². The molecule has 0 aromatic heterocycles. The van der Waals surface area contributed by atoms with Gasteiger partial charge in [-0.1, -0.05) is 12.1 Å². The molecule has 1 aromatic carbocycles. The third-order valence-electron chi connectivity index (χ3n) is 2.74. The van der Waals surface area contributed by atoms with Crippen molar-refractivity contribution in [2.24, 2.45) is 5.92 Å². The second kappa shape index (κ2) is 3.96. The van der Waals surface area contributed by atoms with Crippen LogP contribution in [0.5, 0.6) is 0 Å². The molecule has 3 heteroatoms. The number of benzene rings is 1. The van der Waals surface area contributed by atoms with Crippen LogP contribution in [0.2, 0.25) is 0 Å². The highest BCUT2D eigenvalue weighted by Crippen LogP contribution is 2.30. The van der Waals surface area contributed by atoms with Gasteiger partial charge in [0.15, 0.2) is 0 Å². The average molecular weight is 194 g/mol. The van der Waals surface area contributed by atoms with E-state index in [0.29, 0.717) is 11.3 Å². The van der Waals surface area contributed by atoms with E-state index >= 15 is 0 Å². The van der Waals surface area contributed by atoms with E-state index in [1.54, 1.807) is 24.3 Å². The van der Waals surface area contributed by atoms with Gasteiger partial charge in [0.1, 0.15) is 6.17 Å². The number of anilines is 1. The first kappa shape index (κ1) is 9.46. The van der Waals surface area contributed by atoms with Crippen molar-refractivity contribution in [1.29, 1.82) is 0 Å². The molecule has 3 N–H and O–H groups in total. The monoisotopic (exact) mass is 194 g/mol. The molecule has 2 rings (SSSR count). The van der Waals surface area contributed by atoms with Crippen LogP contribution in [-0.4, -0.2) is 13.1 Å². The molecule has 0 radical (unpaired) electrons. The van der Waals surface area contributed by atoms with Gasteiger partial charge in [-0.3, -0.25) is 0 Å². The summed E-state index contributed by atoms with van der Waals surface area (Å²) in [5.74, 6) is 0.108. The van der Waals surface area contributed by atoms with Crippen molar-refractivity contribution in [3.63, 3.8) is 0 Å². The smallest absolute Gasteiger partial charge is 0.129 e. The zero-order valence-electron chi connectivity index (χ0n) is 8.04. The van der Waals surface area contributed by atoms with Crippen LogP contribution < -0.4 is 11.1 Å². The highest BCUT2D eigenvalue weighted by molar-refractivity contribution is 5.41. The SMILES string of the molecule is Nc1cccc(C(F)C2CCNC2)c1. The number of rotatable bonds is 2. The van der Waals surface area contributed by atoms with Gasteiger partial charge in [0.05, 0.1) is 0 Å². The second-order valence-corrected chi connectivity index (χ2v) is 3.82. The molecule has 1 aliphatic rings. The largest absolute Gasteiger partial charge is 0.399 e. The Balaban J connectivity index is 2.13. The molecule has 2 unspecified atom stereocenters. The number of nitrogens with one attached hydrogen (secondary N) is 1. The fourth-order valence-electron chi connectivity index (χ4n) is 1.93. The minimum absolute atomic E-state index is 0.108. The van der Waals surface area contributed by atoms with Crippen LogP contribution in [0.1, 0.15) is 18.2 Å². The summed E-state index contributed by atoms with van der Waals surface area (Å²) in [4.78, 5) is 0. The molecule has 1 fully saturated rings. The van der Waals surface area contributed by atoms with Gasteiger partial charge < -0.3 is 11.1 Å². The zero-order chi connectivity index (χ0) is 9.97. The first-order chi connectivity index (χ1) is 6.77. The van der Waals surface area contributed by atoms with Gasteiger partial charge in [0.2, 0.25) is 0 Å². The summed E-state index contributed by atoms with van der Waals surface area (Å²) < 4.78 is 13.9. The molecule has 0 saturated carbocycles. The van der Waals surface area contributed by atoms with Crippen LogP contribution in [0.15, 0.2) is 24.3 Å². The Bertz CT molecular complexity index is 308. The summed E-state index contributed by atoms with van der Waals surface area (Å²) in [5.41, 5.74) is 6.96. The number of alkyl halides is 1. The van der Waals surface area contributed by atoms with Gasteiger partial charge in [0.25, 0.3) is 0 Å². The summed E-state index contributed by atoms with van der Waals surface area (Å²) in [6.07, 6.45) is 0.0316. The van der Waals surface area contributed by atoms with Crippen LogP contribution >= 0.6 is 0 Å². The Kier molecular flexibility index (Phi) is 2.68. The molecule has 0 aliphatic carbocycles. The highest BCUT2D eigenvalue weighted by atomic mass is 19.1. The molecular weight excluding hydrogens is 179 g/mol. The summed E-state index contributed by atoms with van der Waals surface area (Å²) in [6.45, 7) is 1.70. The summed E-state index contributed by atoms with van der Waals surface area (Å²) in [5, 5.41) is 3.17. The topological polar surface area (TPSA) is 38.0 Å². The predicted octanol–water partition coefficient (Wildman–Crippen LogP) is 1.89. The van der Waals surface area contributed by atoms with Crippen LogP contribution in [0, 0.1) is 5.92 Å². The lowest BCUT2D eigenvalue weighted by molar-refractivity contribution is 0.246. The minimum Gasteiger partial charge on any atom is -0.399 e. The van der Waals surface area contributed by atoms with Gasteiger partial charge >= 0.3 is 0 Å². The minimum atomic E-state index is -0.881. The quantitative estimate of drug-likeness (QED) is 0.705. The zero-order valence-corrected chi connectivity index (χ0v) is 8.04. The van der Waals surface area contributed by atoms with E-state index in [1.165, 1.54) is 0 Å². The third kappa shape index (κ3) is 1.87. The van der Waals surface area contributed by atoms with E-state index in [9.17, 15) is 4.39 Å². The van der Waals surface area contributed by atoms with Crippen LogP contribution in [0.3, 0.4) is 0 Å². The Morgan fingerprint density at radius 2 is 2.36 bits per heavy atom. The normalized spacial score (nSPS) is 23.6. The average Bonchev–Trinajstić information content (AvgIpc) is 2.69. The highest BCUT2D eigenvalue weighted by Gasteiger charge is 2.25. The van der Waals surface area contributed by atoms with Crippen LogP contribution in [-0.2, 0) is 0 Å². The maximum atomic E-state index is 13.9. The van der Waals surface area contributed by atoms with Crippen molar-refractivity contribution >= 4 is 5.69 Å². The lowest BCUT2D eigenvalue weighted by Gasteiger charge is -2.15. The molecule has 76 valence electrons. The van der Waals surface area contributed by atoms with Gasteiger partial charge in [-0.15, -0.1) is 0 Å². The van der Waals surface area contributed by atoms with E-state index in [-0.39, 0.29) is 5.92 Å². The molecule has 1 aromatic rings. The number of nitrogens with two attached hydrogens (primary N) is 1. The first-order valence-corrected chi connectivity index (χ1v) is 4.97. The number of halogens is 1. The van der Waals surface area contributed by atoms with Crippen LogP contribution in [0.25, 0.3) is 0 Å². The lowest BCUT2D eigenvalue weighted by atomic mass is 9.96. The lowest BCUT2D eigenvalue weighted by Crippen LogP contribution is -2.13. The molecule has 0 amide bonds. The summed E-state index contributed by atoms with van der Waals surface area (Å²) >= 11 is 0. The van der Waals surface area contributed by atoms with E-state index in [2.05, 4.69) is 5.32 Å². The predicted molar refractivity (Wildman–Crippen MR) is 55.7 cm³/mol. The summed E-state index contributed by atoms with van der Waals surface area (Å²) in [7, 11) is 0. The van der Waals surface area contributed by atoms with Gasteiger partial charge in [-0.2, -0.15) is 0 Å². The number of hydrogen-bond acceptors (Lipinski definition) is 2. The Labute approximate surface area is 83.3 Å². The van der Waals surface area contributed by atoms with Gasteiger partial charge in [-0.25, -0.2) is 4.39 Å². The maximum absolute atomic E-state index is 13.9. The number of hydrogen-bond donors (Lipinski definition) is 2. The Morgan fingerprint density at radius 1 is 1.50 bits per heavy atom. The maximum Gasteiger partial charge on any atom is 0.129 e. The Hall–Kier alpha value is -1.09. The van der Waals surface area contributed by atoms with E-state index in [0.717, 1.165) is 19.5 Å². The molecule has 0 spiro atoms. The molecule has 0 bridgehead atoms. The van der Waals surface area contributed by atoms with Crippen molar-refractivity contribution in [3.8, 4) is 0 Å².